The molecule has 0 fully saturated rings. The number of rotatable bonds is 4. The van der Waals surface area contributed by atoms with E-state index in [2.05, 4.69) is 0 Å². The zero-order valence-corrected chi connectivity index (χ0v) is 10.3. The lowest BCUT2D eigenvalue weighted by molar-refractivity contribution is 0.112. The lowest BCUT2D eigenvalue weighted by atomic mass is 10.0. The van der Waals surface area contributed by atoms with Gasteiger partial charge in [0, 0.05) is 0 Å². The van der Waals surface area contributed by atoms with Crippen molar-refractivity contribution in [3.8, 4) is 22.6 Å². The first-order valence-corrected chi connectivity index (χ1v) is 5.56. The summed E-state index contributed by atoms with van der Waals surface area (Å²) in [4.78, 5) is 10.8. The average molecular weight is 242 g/mol. The maximum atomic E-state index is 10.8. The van der Waals surface area contributed by atoms with Crippen LogP contribution in [-0.4, -0.2) is 20.5 Å². The Balaban J connectivity index is 2.40. The molecule has 0 aromatic heterocycles. The van der Waals surface area contributed by atoms with E-state index in [9.17, 15) is 4.79 Å². The Bertz CT molecular complexity index is 544. The first kappa shape index (κ1) is 12.2. The van der Waals surface area contributed by atoms with Crippen LogP contribution in [0, 0.1) is 0 Å². The first-order valence-electron chi connectivity index (χ1n) is 5.56. The van der Waals surface area contributed by atoms with Gasteiger partial charge >= 0.3 is 0 Å². The van der Waals surface area contributed by atoms with Crippen molar-refractivity contribution in [1.29, 1.82) is 0 Å². The molecule has 0 heterocycles. The monoisotopic (exact) mass is 242 g/mol. The van der Waals surface area contributed by atoms with Crippen LogP contribution in [0.4, 0.5) is 0 Å². The molecule has 0 radical (unpaired) electrons. The minimum Gasteiger partial charge on any atom is -0.497 e. The van der Waals surface area contributed by atoms with Gasteiger partial charge in [-0.1, -0.05) is 18.2 Å². The summed E-state index contributed by atoms with van der Waals surface area (Å²) in [6.07, 6.45) is 0.788. The molecule has 0 spiro atoms. The third-order valence-electron chi connectivity index (χ3n) is 2.78. The zero-order chi connectivity index (χ0) is 13.0. The topological polar surface area (TPSA) is 35.5 Å². The quantitative estimate of drug-likeness (QED) is 0.772. The molecule has 2 aromatic rings. The smallest absolute Gasteiger partial charge is 0.153 e. The van der Waals surface area contributed by atoms with Crippen LogP contribution in [0.15, 0.2) is 42.5 Å². The number of methoxy groups -OCH3 is 2. The van der Waals surface area contributed by atoms with Gasteiger partial charge in [-0.3, -0.25) is 4.79 Å². The highest BCUT2D eigenvalue weighted by Crippen LogP contribution is 2.27. The van der Waals surface area contributed by atoms with Crippen LogP contribution in [0.2, 0.25) is 0 Å². The number of carbonyl (C=O) groups is 1. The van der Waals surface area contributed by atoms with Crippen LogP contribution in [0.25, 0.3) is 11.1 Å². The highest BCUT2D eigenvalue weighted by atomic mass is 16.5. The summed E-state index contributed by atoms with van der Waals surface area (Å²) in [5.74, 6) is 1.40. The van der Waals surface area contributed by atoms with E-state index in [1.165, 1.54) is 0 Å². The molecule has 2 aromatic carbocycles. The van der Waals surface area contributed by atoms with Crippen LogP contribution in [0.1, 0.15) is 10.4 Å². The van der Waals surface area contributed by atoms with Crippen LogP contribution in [0.5, 0.6) is 11.5 Å². The third-order valence-corrected chi connectivity index (χ3v) is 2.78. The second-order valence-corrected chi connectivity index (χ2v) is 3.80. The molecule has 3 nitrogen and oxygen atoms in total. The highest BCUT2D eigenvalue weighted by Gasteiger charge is 2.05. The maximum Gasteiger partial charge on any atom is 0.153 e. The minimum absolute atomic E-state index is 0.551. The van der Waals surface area contributed by atoms with Gasteiger partial charge in [0.15, 0.2) is 6.29 Å². The summed E-state index contributed by atoms with van der Waals surface area (Å²) in [7, 11) is 3.19. The van der Waals surface area contributed by atoms with Crippen LogP contribution in [-0.2, 0) is 0 Å². The number of carbonyl (C=O) groups excluding carboxylic acids is 1. The van der Waals surface area contributed by atoms with E-state index in [-0.39, 0.29) is 0 Å². The Morgan fingerprint density at radius 2 is 1.56 bits per heavy atom. The van der Waals surface area contributed by atoms with Gasteiger partial charge in [-0.15, -0.1) is 0 Å². The molecule has 0 unspecified atom stereocenters. The number of aldehydes is 1. The molecule has 0 aliphatic rings. The lowest BCUT2D eigenvalue weighted by Crippen LogP contribution is -1.91. The average Bonchev–Trinajstić information content (AvgIpc) is 2.46. The van der Waals surface area contributed by atoms with Crippen molar-refractivity contribution in [2.75, 3.05) is 14.2 Å². The fourth-order valence-electron chi connectivity index (χ4n) is 1.77. The normalized spacial score (nSPS) is 9.89. The summed E-state index contributed by atoms with van der Waals surface area (Å²) in [6.45, 7) is 0. The molecular formula is C15H14O3. The highest BCUT2D eigenvalue weighted by molar-refractivity contribution is 5.81. The van der Waals surface area contributed by atoms with E-state index >= 15 is 0 Å². The van der Waals surface area contributed by atoms with E-state index in [1.54, 1.807) is 20.3 Å². The van der Waals surface area contributed by atoms with Crippen molar-refractivity contribution in [1.82, 2.24) is 0 Å². The van der Waals surface area contributed by atoms with Crippen molar-refractivity contribution in [2.45, 2.75) is 0 Å². The van der Waals surface area contributed by atoms with E-state index in [4.69, 9.17) is 9.47 Å². The molecule has 92 valence electrons. The van der Waals surface area contributed by atoms with Gasteiger partial charge in [0.1, 0.15) is 11.5 Å². The molecule has 0 saturated carbocycles. The molecule has 0 aliphatic heterocycles. The molecule has 0 saturated heterocycles. The molecule has 18 heavy (non-hydrogen) atoms. The van der Waals surface area contributed by atoms with Crippen molar-refractivity contribution >= 4 is 6.29 Å². The Kier molecular flexibility index (Phi) is 3.63. The lowest BCUT2D eigenvalue weighted by Gasteiger charge is -2.08. The molecular weight excluding hydrogens is 228 g/mol. The second kappa shape index (κ2) is 5.36. The molecule has 0 atom stereocenters. The third kappa shape index (κ3) is 2.35. The number of benzene rings is 2. The van der Waals surface area contributed by atoms with Crippen LogP contribution in [0.3, 0.4) is 0 Å². The van der Waals surface area contributed by atoms with E-state index in [0.717, 1.165) is 23.2 Å². The molecule has 3 heteroatoms. The SMILES string of the molecule is COc1ccc(-c2ccc(C=O)c(OC)c2)cc1. The van der Waals surface area contributed by atoms with Crippen LogP contribution < -0.4 is 9.47 Å². The summed E-state index contributed by atoms with van der Waals surface area (Å²) in [5, 5.41) is 0. The van der Waals surface area contributed by atoms with Gasteiger partial charge in [-0.25, -0.2) is 0 Å². The fraction of sp³-hybridized carbons (Fsp3) is 0.133. The first-order chi connectivity index (χ1) is 8.78. The van der Waals surface area contributed by atoms with Crippen molar-refractivity contribution < 1.29 is 14.3 Å². The van der Waals surface area contributed by atoms with E-state index in [0.29, 0.717) is 11.3 Å². The summed E-state index contributed by atoms with van der Waals surface area (Å²) < 4.78 is 10.3. The van der Waals surface area contributed by atoms with E-state index in [1.807, 2.05) is 36.4 Å². The van der Waals surface area contributed by atoms with E-state index < -0.39 is 0 Å². The largest absolute Gasteiger partial charge is 0.497 e. The zero-order valence-electron chi connectivity index (χ0n) is 10.3. The summed E-state index contributed by atoms with van der Waals surface area (Å²) in [6, 6.07) is 13.2. The number of hydrogen-bond acceptors (Lipinski definition) is 3. The van der Waals surface area contributed by atoms with Gasteiger partial charge in [0.2, 0.25) is 0 Å². The van der Waals surface area contributed by atoms with Gasteiger partial charge in [0.25, 0.3) is 0 Å². The van der Waals surface area contributed by atoms with Gasteiger partial charge < -0.3 is 9.47 Å². The predicted octanol–water partition coefficient (Wildman–Crippen LogP) is 3.18. The van der Waals surface area contributed by atoms with Crippen molar-refractivity contribution in [3.63, 3.8) is 0 Å². The van der Waals surface area contributed by atoms with Gasteiger partial charge in [-0.2, -0.15) is 0 Å². The summed E-state index contributed by atoms with van der Waals surface area (Å²) in [5.41, 5.74) is 2.60. The molecule has 0 aliphatic carbocycles. The Hall–Kier alpha value is -2.29. The van der Waals surface area contributed by atoms with Gasteiger partial charge in [0.05, 0.1) is 19.8 Å². The molecule has 0 amide bonds. The standard InChI is InChI=1S/C15H14O3/c1-17-14-7-5-11(6-8-14)12-3-4-13(10-16)15(9-12)18-2/h3-10H,1-2H3. The molecule has 2 rings (SSSR count). The van der Waals surface area contributed by atoms with Gasteiger partial charge in [-0.05, 0) is 35.4 Å². The maximum absolute atomic E-state index is 10.8. The molecule has 0 N–H and O–H groups in total. The molecule has 0 bridgehead atoms. The minimum atomic E-state index is 0.551. The number of hydrogen-bond donors (Lipinski definition) is 0. The Labute approximate surface area is 106 Å². The predicted molar refractivity (Wildman–Crippen MR) is 70.4 cm³/mol. The fourth-order valence-corrected chi connectivity index (χ4v) is 1.77. The van der Waals surface area contributed by atoms with Crippen molar-refractivity contribution in [3.05, 3.63) is 48.0 Å². The van der Waals surface area contributed by atoms with Crippen molar-refractivity contribution in [2.24, 2.45) is 0 Å². The Morgan fingerprint density at radius 1 is 0.889 bits per heavy atom. The Morgan fingerprint density at radius 3 is 2.11 bits per heavy atom. The summed E-state index contributed by atoms with van der Waals surface area (Å²) >= 11 is 0. The second-order valence-electron chi connectivity index (χ2n) is 3.80. The number of ether oxygens (including phenoxy) is 2. The van der Waals surface area contributed by atoms with Crippen LogP contribution >= 0.6 is 0 Å².